The van der Waals surface area contributed by atoms with Gasteiger partial charge >= 0.3 is 5.97 Å². The Balaban J connectivity index is 1.70. The minimum absolute atomic E-state index is 0.585. The normalized spacial score (nSPS) is 13.8. The van der Waals surface area contributed by atoms with Gasteiger partial charge in [0.1, 0.15) is 12.1 Å². The first-order chi connectivity index (χ1) is 18.7. The minimum Gasteiger partial charge on any atom is -0.493 e. The van der Waals surface area contributed by atoms with Gasteiger partial charge in [0, 0.05) is 52.5 Å². The molecule has 0 fully saturated rings. The SMILES string of the molecule is Cc1cc2nc(-c3cncnc3)ccc2c(-c2ccc3c4c(ccnc24)CCO3)c1C(OC(C)(C)C)C(=O)O. The third kappa shape index (κ3) is 4.46. The summed E-state index contributed by atoms with van der Waals surface area (Å²) in [6.07, 6.45) is 6.31. The van der Waals surface area contributed by atoms with Crippen LogP contribution >= 0.6 is 0 Å². The summed E-state index contributed by atoms with van der Waals surface area (Å²) >= 11 is 0. The Bertz CT molecular complexity index is 1740. The lowest BCUT2D eigenvalue weighted by Crippen LogP contribution is -2.28. The number of carboxylic acids is 1. The van der Waals surface area contributed by atoms with Crippen molar-refractivity contribution < 1.29 is 19.4 Å². The zero-order chi connectivity index (χ0) is 27.3. The summed E-state index contributed by atoms with van der Waals surface area (Å²) in [6, 6.07) is 11.7. The lowest BCUT2D eigenvalue weighted by atomic mass is 9.86. The summed E-state index contributed by atoms with van der Waals surface area (Å²) in [5.41, 5.74) is 6.38. The number of aliphatic carboxylic acids is 1. The Morgan fingerprint density at radius 1 is 1.10 bits per heavy atom. The van der Waals surface area contributed by atoms with Crippen molar-refractivity contribution in [3.63, 3.8) is 0 Å². The summed E-state index contributed by atoms with van der Waals surface area (Å²) in [7, 11) is 0. The second kappa shape index (κ2) is 9.39. The van der Waals surface area contributed by atoms with Gasteiger partial charge in [0.25, 0.3) is 0 Å². The van der Waals surface area contributed by atoms with Crippen LogP contribution in [0, 0.1) is 6.92 Å². The van der Waals surface area contributed by atoms with E-state index in [1.54, 1.807) is 18.6 Å². The number of aryl methyl sites for hydroxylation is 1. The molecule has 196 valence electrons. The number of pyridine rings is 2. The largest absolute Gasteiger partial charge is 0.493 e. The Labute approximate surface area is 225 Å². The molecule has 6 rings (SSSR count). The van der Waals surface area contributed by atoms with E-state index >= 15 is 0 Å². The molecule has 0 radical (unpaired) electrons. The Kier molecular flexibility index (Phi) is 5.99. The van der Waals surface area contributed by atoms with Crippen LogP contribution in [0.3, 0.4) is 0 Å². The third-order valence-corrected chi connectivity index (χ3v) is 6.89. The fourth-order valence-corrected chi connectivity index (χ4v) is 5.33. The van der Waals surface area contributed by atoms with E-state index in [9.17, 15) is 9.90 Å². The van der Waals surface area contributed by atoms with Crippen LogP contribution in [0.15, 0.2) is 61.3 Å². The molecule has 4 heterocycles. The number of aromatic nitrogens is 4. The molecule has 0 aliphatic carbocycles. The fraction of sp³-hybridized carbons (Fsp3) is 0.258. The number of hydrogen-bond donors (Lipinski definition) is 1. The van der Waals surface area contributed by atoms with E-state index in [1.807, 2.05) is 64.1 Å². The van der Waals surface area contributed by atoms with Gasteiger partial charge in [-0.25, -0.2) is 19.7 Å². The van der Waals surface area contributed by atoms with E-state index in [-0.39, 0.29) is 0 Å². The molecular weight excluding hydrogens is 492 g/mol. The summed E-state index contributed by atoms with van der Waals surface area (Å²) in [5, 5.41) is 12.2. The minimum atomic E-state index is -1.20. The quantitative estimate of drug-likeness (QED) is 0.297. The van der Waals surface area contributed by atoms with Crippen molar-refractivity contribution in [1.82, 2.24) is 19.9 Å². The van der Waals surface area contributed by atoms with Crippen LogP contribution in [-0.2, 0) is 16.0 Å². The number of rotatable bonds is 5. The predicted octanol–water partition coefficient (Wildman–Crippen LogP) is 6.09. The van der Waals surface area contributed by atoms with E-state index in [2.05, 4.69) is 9.97 Å². The molecule has 2 aromatic carbocycles. The topological polar surface area (TPSA) is 107 Å². The van der Waals surface area contributed by atoms with Crippen molar-refractivity contribution >= 4 is 27.8 Å². The molecule has 0 saturated heterocycles. The van der Waals surface area contributed by atoms with E-state index in [1.165, 1.54) is 6.33 Å². The highest BCUT2D eigenvalue weighted by Gasteiger charge is 2.33. The van der Waals surface area contributed by atoms with E-state index in [0.29, 0.717) is 12.2 Å². The zero-order valence-electron chi connectivity index (χ0n) is 22.2. The number of ether oxygens (including phenoxy) is 2. The Hall–Kier alpha value is -4.43. The molecule has 5 aromatic rings. The molecule has 1 aliphatic heterocycles. The standard InChI is InChI=1S/C31H28N4O4/c1-17-13-23-20(5-7-22(35-23)19-14-32-16-33-15-19)27(25(17)29(30(36)37)39-31(2,3)4)21-6-8-24-26-18(10-12-38-24)9-11-34-28(21)26/h5-9,11,13-16,29H,10,12H2,1-4H3,(H,36,37). The van der Waals surface area contributed by atoms with Gasteiger partial charge in [0.05, 0.1) is 28.9 Å². The predicted molar refractivity (Wildman–Crippen MR) is 149 cm³/mol. The maximum Gasteiger partial charge on any atom is 0.337 e. The highest BCUT2D eigenvalue weighted by molar-refractivity contribution is 6.08. The number of hydrogen-bond acceptors (Lipinski definition) is 7. The molecule has 0 saturated carbocycles. The van der Waals surface area contributed by atoms with E-state index in [4.69, 9.17) is 19.4 Å². The number of carboxylic acid groups (broad SMARTS) is 1. The van der Waals surface area contributed by atoms with Gasteiger partial charge in [-0.3, -0.25) is 4.98 Å². The van der Waals surface area contributed by atoms with Crippen molar-refractivity contribution in [3.05, 3.63) is 78.0 Å². The molecule has 0 spiro atoms. The van der Waals surface area contributed by atoms with Crippen molar-refractivity contribution in [3.8, 4) is 28.1 Å². The molecule has 3 aromatic heterocycles. The number of fused-ring (bicyclic) bond motifs is 1. The van der Waals surface area contributed by atoms with Gasteiger partial charge in [-0.05, 0) is 74.7 Å². The van der Waals surface area contributed by atoms with Crippen LogP contribution in [0.4, 0.5) is 0 Å². The monoisotopic (exact) mass is 520 g/mol. The summed E-state index contributed by atoms with van der Waals surface area (Å²) in [4.78, 5) is 30.7. The maximum absolute atomic E-state index is 12.7. The zero-order valence-corrected chi connectivity index (χ0v) is 22.2. The molecule has 8 nitrogen and oxygen atoms in total. The maximum atomic E-state index is 12.7. The van der Waals surface area contributed by atoms with Gasteiger partial charge in [-0.1, -0.05) is 6.07 Å². The molecule has 0 amide bonds. The number of nitrogens with zero attached hydrogens (tertiary/aromatic N) is 4. The van der Waals surface area contributed by atoms with E-state index < -0.39 is 17.7 Å². The average molecular weight is 521 g/mol. The van der Waals surface area contributed by atoms with Gasteiger partial charge in [-0.15, -0.1) is 0 Å². The molecule has 1 unspecified atom stereocenters. The van der Waals surface area contributed by atoms with Crippen molar-refractivity contribution in [2.24, 2.45) is 0 Å². The van der Waals surface area contributed by atoms with Gasteiger partial charge in [-0.2, -0.15) is 0 Å². The lowest BCUT2D eigenvalue weighted by Gasteiger charge is -2.29. The second-order valence-corrected chi connectivity index (χ2v) is 10.7. The van der Waals surface area contributed by atoms with Gasteiger partial charge < -0.3 is 14.6 Å². The summed E-state index contributed by atoms with van der Waals surface area (Å²) < 4.78 is 12.1. The van der Waals surface area contributed by atoms with Crippen LogP contribution in [0.25, 0.3) is 44.2 Å². The molecule has 1 N–H and O–H groups in total. The Morgan fingerprint density at radius 2 is 1.90 bits per heavy atom. The van der Waals surface area contributed by atoms with Crippen molar-refractivity contribution in [1.29, 1.82) is 0 Å². The first kappa shape index (κ1) is 24.9. The molecule has 8 heteroatoms. The molecule has 1 aliphatic rings. The number of carbonyl (C=O) groups is 1. The molecule has 1 atom stereocenters. The average Bonchev–Trinajstić information content (AvgIpc) is 2.91. The Morgan fingerprint density at radius 3 is 2.64 bits per heavy atom. The van der Waals surface area contributed by atoms with Crippen LogP contribution in [0.2, 0.25) is 0 Å². The smallest absolute Gasteiger partial charge is 0.337 e. The summed E-state index contributed by atoms with van der Waals surface area (Å²) in [6.45, 7) is 8.09. The van der Waals surface area contributed by atoms with Crippen molar-refractivity contribution in [2.45, 2.75) is 45.8 Å². The van der Waals surface area contributed by atoms with Crippen LogP contribution in [0.1, 0.15) is 43.6 Å². The first-order valence-electron chi connectivity index (χ1n) is 12.9. The highest BCUT2D eigenvalue weighted by Crippen LogP contribution is 2.45. The van der Waals surface area contributed by atoms with Gasteiger partial charge in [0.2, 0.25) is 0 Å². The molecule has 0 bridgehead atoms. The van der Waals surface area contributed by atoms with Crippen molar-refractivity contribution in [2.75, 3.05) is 6.61 Å². The summed E-state index contributed by atoms with van der Waals surface area (Å²) in [5.74, 6) is -0.273. The highest BCUT2D eigenvalue weighted by atomic mass is 16.5. The van der Waals surface area contributed by atoms with Crippen LogP contribution in [-0.4, -0.2) is 43.2 Å². The first-order valence-corrected chi connectivity index (χ1v) is 12.9. The van der Waals surface area contributed by atoms with Crippen LogP contribution in [0.5, 0.6) is 5.75 Å². The lowest BCUT2D eigenvalue weighted by molar-refractivity contribution is -0.160. The second-order valence-electron chi connectivity index (χ2n) is 10.7. The third-order valence-electron chi connectivity index (χ3n) is 6.89. The number of benzene rings is 2. The molecular formula is C31H28N4O4. The van der Waals surface area contributed by atoms with E-state index in [0.717, 1.165) is 67.5 Å². The van der Waals surface area contributed by atoms with Gasteiger partial charge in [0.15, 0.2) is 6.10 Å². The van der Waals surface area contributed by atoms with Crippen LogP contribution < -0.4 is 4.74 Å². The molecule has 39 heavy (non-hydrogen) atoms. The fourth-order valence-electron chi connectivity index (χ4n) is 5.33.